The van der Waals surface area contributed by atoms with Gasteiger partial charge in [-0.05, 0) is 56.5 Å². The summed E-state index contributed by atoms with van der Waals surface area (Å²) in [6.45, 7) is 3.96. The van der Waals surface area contributed by atoms with E-state index >= 15 is 0 Å². The first kappa shape index (κ1) is 29.0. The SMILES string of the molecule is CCOC(Cc1ccc(OCCN(CCCCCC(C)(F)F)C(=O)Nc2ccccc2)cc1)C(=O)O. The zero-order valence-corrected chi connectivity index (χ0v) is 20.9. The molecule has 2 aromatic carbocycles. The number of halogens is 2. The number of benzene rings is 2. The number of anilines is 1. The Kier molecular flexibility index (Phi) is 12.1. The monoisotopic (exact) mass is 506 g/mol. The Bertz CT molecular complexity index is 920. The van der Waals surface area contributed by atoms with E-state index in [4.69, 9.17) is 9.47 Å². The molecule has 1 unspecified atom stereocenters. The second-order valence-electron chi connectivity index (χ2n) is 8.64. The maximum atomic E-state index is 13.0. The van der Waals surface area contributed by atoms with Crippen LogP contribution in [-0.4, -0.2) is 60.3 Å². The molecule has 0 aromatic heterocycles. The number of carboxylic acids is 1. The first-order valence-corrected chi connectivity index (χ1v) is 12.2. The first-order valence-electron chi connectivity index (χ1n) is 12.2. The van der Waals surface area contributed by atoms with Gasteiger partial charge in [0.05, 0.1) is 6.54 Å². The summed E-state index contributed by atoms with van der Waals surface area (Å²) in [4.78, 5) is 25.7. The van der Waals surface area contributed by atoms with Crippen LogP contribution in [0, 0.1) is 0 Å². The number of unbranched alkanes of at least 4 members (excludes halogenated alkanes) is 2. The number of ether oxygens (including phenoxy) is 2. The van der Waals surface area contributed by atoms with Gasteiger partial charge in [0.15, 0.2) is 6.10 Å². The molecule has 0 spiro atoms. The number of aliphatic carboxylic acids is 1. The molecule has 2 amide bonds. The third-order valence-corrected chi connectivity index (χ3v) is 5.47. The lowest BCUT2D eigenvalue weighted by molar-refractivity contribution is -0.149. The second kappa shape index (κ2) is 15.0. The molecule has 0 saturated carbocycles. The number of carbonyl (C=O) groups excluding carboxylic acids is 1. The normalized spacial score (nSPS) is 12.1. The van der Waals surface area contributed by atoms with Crippen LogP contribution in [-0.2, 0) is 16.0 Å². The summed E-state index contributed by atoms with van der Waals surface area (Å²) in [7, 11) is 0. The molecule has 2 rings (SSSR count). The highest BCUT2D eigenvalue weighted by atomic mass is 19.3. The molecule has 7 nitrogen and oxygen atoms in total. The van der Waals surface area contributed by atoms with Gasteiger partial charge >= 0.3 is 12.0 Å². The van der Waals surface area contributed by atoms with Crippen molar-refractivity contribution in [1.29, 1.82) is 0 Å². The fourth-order valence-corrected chi connectivity index (χ4v) is 3.58. The van der Waals surface area contributed by atoms with E-state index < -0.39 is 18.0 Å². The highest BCUT2D eigenvalue weighted by Gasteiger charge is 2.20. The van der Waals surface area contributed by atoms with Gasteiger partial charge in [-0.25, -0.2) is 18.4 Å². The van der Waals surface area contributed by atoms with E-state index in [-0.39, 0.29) is 25.5 Å². The van der Waals surface area contributed by atoms with Gasteiger partial charge in [0.2, 0.25) is 5.92 Å². The largest absolute Gasteiger partial charge is 0.492 e. The zero-order chi connectivity index (χ0) is 26.4. The third kappa shape index (κ3) is 11.5. The number of urea groups is 1. The predicted molar refractivity (Wildman–Crippen MR) is 135 cm³/mol. The van der Waals surface area contributed by atoms with Crippen LogP contribution in [0.1, 0.15) is 45.1 Å². The number of hydrogen-bond acceptors (Lipinski definition) is 4. The molecule has 2 N–H and O–H groups in total. The molecule has 0 radical (unpaired) electrons. The molecular formula is C27H36F2N2O5. The molecule has 2 aromatic rings. The van der Waals surface area contributed by atoms with Crippen LogP contribution in [0.4, 0.5) is 19.3 Å². The fourth-order valence-electron chi connectivity index (χ4n) is 3.58. The average Bonchev–Trinajstić information content (AvgIpc) is 2.83. The van der Waals surface area contributed by atoms with Crippen LogP contribution in [0.15, 0.2) is 54.6 Å². The number of amides is 2. The molecule has 0 aliphatic heterocycles. The maximum absolute atomic E-state index is 13.0. The molecule has 0 aliphatic rings. The van der Waals surface area contributed by atoms with Gasteiger partial charge in [0.25, 0.3) is 0 Å². The van der Waals surface area contributed by atoms with Crippen molar-refractivity contribution < 1.29 is 33.0 Å². The number of nitrogens with one attached hydrogen (secondary N) is 1. The van der Waals surface area contributed by atoms with Crippen molar-refractivity contribution in [3.8, 4) is 5.75 Å². The highest BCUT2D eigenvalue weighted by Crippen LogP contribution is 2.20. The van der Waals surface area contributed by atoms with Crippen LogP contribution in [0.25, 0.3) is 0 Å². The van der Waals surface area contributed by atoms with Crippen molar-refractivity contribution in [2.45, 2.75) is 58.0 Å². The summed E-state index contributed by atoms with van der Waals surface area (Å²) in [5.74, 6) is -3.09. The minimum atomic E-state index is -2.68. The fraction of sp³-hybridized carbons (Fsp3) is 0.481. The van der Waals surface area contributed by atoms with Gasteiger partial charge in [-0.1, -0.05) is 36.8 Å². The minimum Gasteiger partial charge on any atom is -0.492 e. The van der Waals surface area contributed by atoms with Crippen LogP contribution in [0.5, 0.6) is 5.75 Å². The average molecular weight is 507 g/mol. The van der Waals surface area contributed by atoms with Crippen LogP contribution in [0.3, 0.4) is 0 Å². The number of alkyl halides is 2. The third-order valence-electron chi connectivity index (χ3n) is 5.47. The Morgan fingerprint density at radius 1 is 1.03 bits per heavy atom. The summed E-state index contributed by atoms with van der Waals surface area (Å²) in [5.41, 5.74) is 1.48. The Labute approximate surface area is 211 Å². The number of hydrogen-bond donors (Lipinski definition) is 2. The molecule has 0 saturated heterocycles. The summed E-state index contributed by atoms with van der Waals surface area (Å²) in [6.07, 6.45) is 0.785. The van der Waals surface area contributed by atoms with E-state index in [0.29, 0.717) is 50.4 Å². The Morgan fingerprint density at radius 2 is 1.72 bits per heavy atom. The summed E-state index contributed by atoms with van der Waals surface area (Å²) < 4.78 is 37.1. The number of para-hydroxylation sites is 1. The quantitative estimate of drug-likeness (QED) is 0.279. The lowest BCUT2D eigenvalue weighted by Crippen LogP contribution is -2.38. The van der Waals surface area contributed by atoms with E-state index in [1.165, 1.54) is 0 Å². The van der Waals surface area contributed by atoms with E-state index in [9.17, 15) is 23.5 Å². The van der Waals surface area contributed by atoms with Gasteiger partial charge in [0, 0.05) is 31.7 Å². The van der Waals surface area contributed by atoms with Gasteiger partial charge < -0.3 is 24.8 Å². The Morgan fingerprint density at radius 3 is 2.33 bits per heavy atom. The van der Waals surface area contributed by atoms with Crippen molar-refractivity contribution in [2.75, 3.05) is 31.6 Å². The number of carbonyl (C=O) groups is 2. The van der Waals surface area contributed by atoms with Crippen molar-refractivity contribution >= 4 is 17.7 Å². The minimum absolute atomic E-state index is 0.167. The van der Waals surface area contributed by atoms with Crippen molar-refractivity contribution in [1.82, 2.24) is 4.90 Å². The highest BCUT2D eigenvalue weighted by molar-refractivity contribution is 5.89. The lowest BCUT2D eigenvalue weighted by atomic mass is 10.1. The Balaban J connectivity index is 1.88. The summed E-state index contributed by atoms with van der Waals surface area (Å²) in [5, 5.41) is 12.1. The smallest absolute Gasteiger partial charge is 0.333 e. The molecule has 0 bridgehead atoms. The van der Waals surface area contributed by atoms with E-state index in [2.05, 4.69) is 5.32 Å². The second-order valence-corrected chi connectivity index (χ2v) is 8.64. The zero-order valence-electron chi connectivity index (χ0n) is 20.9. The molecule has 0 fully saturated rings. The standard InChI is InChI=1S/C27H36F2N2O5/c1-3-35-24(25(32)33)20-21-12-14-23(15-13-21)36-19-18-31(17-9-5-8-16-27(2,28)29)26(34)30-22-10-6-4-7-11-22/h4,6-7,10-15,24H,3,5,8-9,16-20H2,1-2H3,(H,30,34)(H,32,33). The number of carboxylic acid groups (broad SMARTS) is 1. The van der Waals surface area contributed by atoms with Crippen LogP contribution >= 0.6 is 0 Å². The maximum Gasteiger partial charge on any atom is 0.333 e. The van der Waals surface area contributed by atoms with Crippen molar-refractivity contribution in [2.24, 2.45) is 0 Å². The van der Waals surface area contributed by atoms with Crippen LogP contribution < -0.4 is 10.1 Å². The van der Waals surface area contributed by atoms with E-state index in [1.54, 1.807) is 48.2 Å². The number of rotatable bonds is 16. The molecule has 9 heteroatoms. The molecule has 36 heavy (non-hydrogen) atoms. The van der Waals surface area contributed by atoms with Gasteiger partial charge in [-0.3, -0.25) is 0 Å². The van der Waals surface area contributed by atoms with Crippen molar-refractivity contribution in [3.05, 3.63) is 60.2 Å². The molecule has 0 heterocycles. The predicted octanol–water partition coefficient (Wildman–Crippen LogP) is 5.85. The number of nitrogens with zero attached hydrogens (tertiary/aromatic N) is 1. The van der Waals surface area contributed by atoms with E-state index in [1.807, 2.05) is 18.2 Å². The van der Waals surface area contributed by atoms with Gasteiger partial charge in [0.1, 0.15) is 12.4 Å². The van der Waals surface area contributed by atoms with Gasteiger partial charge in [-0.2, -0.15) is 0 Å². The van der Waals surface area contributed by atoms with Crippen molar-refractivity contribution in [3.63, 3.8) is 0 Å². The molecule has 198 valence electrons. The van der Waals surface area contributed by atoms with Crippen LogP contribution in [0.2, 0.25) is 0 Å². The molecule has 0 aliphatic carbocycles. The molecular weight excluding hydrogens is 470 g/mol. The molecule has 1 atom stereocenters. The Hall–Kier alpha value is -3.20. The van der Waals surface area contributed by atoms with E-state index in [0.717, 1.165) is 12.5 Å². The topological polar surface area (TPSA) is 88.1 Å². The summed E-state index contributed by atoms with van der Waals surface area (Å²) in [6, 6.07) is 15.9. The first-order chi connectivity index (χ1) is 17.2. The van der Waals surface area contributed by atoms with Gasteiger partial charge in [-0.15, -0.1) is 0 Å². The summed E-state index contributed by atoms with van der Waals surface area (Å²) >= 11 is 0. The lowest BCUT2D eigenvalue weighted by Gasteiger charge is -2.23.